The molecule has 0 radical (unpaired) electrons. The first kappa shape index (κ1) is 28.3. The predicted octanol–water partition coefficient (Wildman–Crippen LogP) is 4.82. The number of hydrogen-bond donors (Lipinski definition) is 3. The number of hydrogen-bond acceptors (Lipinski definition) is 7. The summed E-state index contributed by atoms with van der Waals surface area (Å²) in [6.45, 7) is 6.20. The van der Waals surface area contributed by atoms with Crippen molar-refractivity contribution in [3.05, 3.63) is 83.9 Å². The number of anilines is 3. The second kappa shape index (κ2) is 12.4. The van der Waals surface area contributed by atoms with E-state index in [0.29, 0.717) is 46.6 Å². The van der Waals surface area contributed by atoms with Gasteiger partial charge in [-0.3, -0.25) is 14.2 Å². The number of nitrogens with two attached hydrogens (primary N) is 1. The van der Waals surface area contributed by atoms with Crippen molar-refractivity contribution in [1.29, 1.82) is 0 Å². The number of nitrogens with one attached hydrogen (secondary N) is 2. The lowest BCUT2D eigenvalue weighted by Gasteiger charge is -2.21. The molecule has 0 aliphatic carbocycles. The van der Waals surface area contributed by atoms with Crippen LogP contribution in [0.4, 0.5) is 17.1 Å². The molecule has 0 unspecified atom stereocenters. The van der Waals surface area contributed by atoms with Crippen LogP contribution in [0.15, 0.2) is 72.8 Å². The van der Waals surface area contributed by atoms with Gasteiger partial charge in [-0.1, -0.05) is 30.3 Å². The number of carbonyl (C=O) groups is 2. The molecule has 0 aromatic heterocycles. The minimum absolute atomic E-state index is 0.0975. The van der Waals surface area contributed by atoms with E-state index in [0.717, 1.165) is 11.3 Å². The average Bonchev–Trinajstić information content (AvgIpc) is 3.26. The average molecular weight is 549 g/mol. The second-order valence-corrected chi connectivity index (χ2v) is 10.8. The van der Waals surface area contributed by atoms with Crippen LogP contribution < -0.4 is 26.6 Å². The smallest absolute Gasteiger partial charge is 0.354 e. The molecule has 4 rings (SSSR count). The predicted molar refractivity (Wildman–Crippen MR) is 156 cm³/mol. The summed E-state index contributed by atoms with van der Waals surface area (Å²) in [7, 11) is -3.57. The monoisotopic (exact) mass is 548 g/mol. The van der Waals surface area contributed by atoms with Gasteiger partial charge >= 0.3 is 7.60 Å². The van der Waals surface area contributed by atoms with E-state index < -0.39 is 7.60 Å². The molecule has 2 amide bonds. The van der Waals surface area contributed by atoms with Gasteiger partial charge in [0, 0.05) is 42.6 Å². The van der Waals surface area contributed by atoms with Crippen molar-refractivity contribution in [1.82, 2.24) is 0 Å². The zero-order chi connectivity index (χ0) is 28.0. The van der Waals surface area contributed by atoms with Crippen LogP contribution in [0.3, 0.4) is 0 Å². The van der Waals surface area contributed by atoms with Gasteiger partial charge in [0.05, 0.1) is 29.8 Å². The molecule has 39 heavy (non-hydrogen) atoms. The van der Waals surface area contributed by atoms with Gasteiger partial charge in [0.2, 0.25) is 5.91 Å². The molecular weight excluding hydrogens is 515 g/mol. The Morgan fingerprint density at radius 3 is 2.26 bits per heavy atom. The molecule has 9 nitrogen and oxygen atoms in total. The Balaban J connectivity index is 1.81. The fourth-order valence-electron chi connectivity index (χ4n) is 4.45. The Kier molecular flexibility index (Phi) is 8.99. The summed E-state index contributed by atoms with van der Waals surface area (Å²) in [6.07, 6.45) is 0. The maximum absolute atomic E-state index is 13.5. The summed E-state index contributed by atoms with van der Waals surface area (Å²) in [5.74, 6) is -0.391. The van der Waals surface area contributed by atoms with Crippen molar-refractivity contribution in [2.24, 2.45) is 5.73 Å². The van der Waals surface area contributed by atoms with Gasteiger partial charge in [-0.2, -0.15) is 0 Å². The van der Waals surface area contributed by atoms with Crippen LogP contribution >= 0.6 is 7.60 Å². The maximum Gasteiger partial charge on any atom is 0.361 e. The van der Waals surface area contributed by atoms with E-state index in [9.17, 15) is 14.2 Å². The summed E-state index contributed by atoms with van der Waals surface area (Å²) in [5.41, 5.74) is 10.1. The number of nitrogens with zero attached hydrogens (tertiary/aromatic N) is 1. The minimum Gasteiger partial charge on any atom is -0.354 e. The Hall–Kier alpha value is -3.75. The van der Waals surface area contributed by atoms with Crippen LogP contribution in [0.25, 0.3) is 11.3 Å². The first-order valence-corrected chi connectivity index (χ1v) is 14.4. The molecule has 0 saturated carbocycles. The molecule has 4 N–H and O–H groups in total. The Bertz CT molecular complexity index is 1410. The fraction of sp³-hybridized carbons (Fsp3) is 0.241. The molecule has 0 spiro atoms. The summed E-state index contributed by atoms with van der Waals surface area (Å²) >= 11 is 0. The summed E-state index contributed by atoms with van der Waals surface area (Å²) in [6, 6.07) is 21.9. The van der Waals surface area contributed by atoms with E-state index in [1.54, 1.807) is 36.9 Å². The van der Waals surface area contributed by atoms with Crippen LogP contribution in [0.5, 0.6) is 0 Å². The molecule has 3 aromatic carbocycles. The first-order valence-electron chi connectivity index (χ1n) is 12.8. The number of rotatable bonds is 11. The van der Waals surface area contributed by atoms with Crippen LogP contribution in [0.2, 0.25) is 0 Å². The molecule has 3 aromatic rings. The van der Waals surface area contributed by atoms with Crippen molar-refractivity contribution in [2.45, 2.75) is 20.8 Å². The highest BCUT2D eigenvalue weighted by Gasteiger charge is 2.33. The number of carbonyl (C=O) groups excluding carboxylic acids is 2. The van der Waals surface area contributed by atoms with Crippen LogP contribution in [-0.2, 0) is 23.2 Å². The van der Waals surface area contributed by atoms with Crippen LogP contribution in [0, 0.1) is 0 Å². The Morgan fingerprint density at radius 2 is 1.67 bits per heavy atom. The van der Waals surface area contributed by atoms with Crippen molar-refractivity contribution in [2.75, 3.05) is 41.8 Å². The summed E-state index contributed by atoms with van der Waals surface area (Å²) in [5, 5.41) is 6.69. The molecule has 1 heterocycles. The second-order valence-electron chi connectivity index (χ2n) is 8.76. The molecule has 10 heteroatoms. The van der Waals surface area contributed by atoms with Crippen molar-refractivity contribution in [3.63, 3.8) is 0 Å². The van der Waals surface area contributed by atoms with E-state index >= 15 is 0 Å². The van der Waals surface area contributed by atoms with Gasteiger partial charge in [-0.05, 0) is 61.9 Å². The van der Waals surface area contributed by atoms with Gasteiger partial charge in [0.1, 0.15) is 0 Å². The third kappa shape index (κ3) is 6.13. The molecular formula is C29H33N4O5P. The zero-order valence-electron chi connectivity index (χ0n) is 22.3. The number of benzene rings is 3. The maximum atomic E-state index is 13.5. The summed E-state index contributed by atoms with van der Waals surface area (Å²) in [4.78, 5) is 27.0. The van der Waals surface area contributed by atoms with Gasteiger partial charge < -0.3 is 30.3 Å². The molecule has 0 bridgehead atoms. The zero-order valence-corrected chi connectivity index (χ0v) is 23.2. The lowest BCUT2D eigenvalue weighted by Crippen LogP contribution is -2.33. The number of fused-ring (bicyclic) bond motifs is 1. The SMILES string of the molecule is CCOP(=O)(OCC)c1ccc2c(c1)/C(=C(/Nc1ccc(N(CCN)C(C)=O)cc1)c1ccccc1)C(=O)N2. The van der Waals surface area contributed by atoms with Crippen molar-refractivity contribution < 1.29 is 23.2 Å². The lowest BCUT2D eigenvalue weighted by molar-refractivity contribution is -0.116. The Morgan fingerprint density at radius 1 is 1.00 bits per heavy atom. The van der Waals surface area contributed by atoms with Gasteiger partial charge in [0.25, 0.3) is 5.91 Å². The molecule has 1 aliphatic heterocycles. The third-order valence-corrected chi connectivity index (χ3v) is 8.26. The summed E-state index contributed by atoms with van der Waals surface area (Å²) < 4.78 is 24.6. The third-order valence-electron chi connectivity index (χ3n) is 6.16. The Labute approximate surface area is 228 Å². The molecule has 1 aliphatic rings. The first-order chi connectivity index (χ1) is 18.8. The lowest BCUT2D eigenvalue weighted by atomic mass is 10.00. The quantitative estimate of drug-likeness (QED) is 0.232. The minimum atomic E-state index is -3.57. The molecule has 0 saturated heterocycles. The van der Waals surface area contributed by atoms with Gasteiger partial charge in [-0.15, -0.1) is 0 Å². The molecule has 0 fully saturated rings. The van der Waals surface area contributed by atoms with Crippen molar-refractivity contribution in [3.8, 4) is 0 Å². The van der Waals surface area contributed by atoms with Crippen LogP contribution in [0.1, 0.15) is 31.9 Å². The van der Waals surface area contributed by atoms with E-state index in [4.69, 9.17) is 14.8 Å². The number of amides is 2. The van der Waals surface area contributed by atoms with E-state index in [-0.39, 0.29) is 25.0 Å². The van der Waals surface area contributed by atoms with Gasteiger partial charge in [0.15, 0.2) is 0 Å². The molecule has 0 atom stereocenters. The van der Waals surface area contributed by atoms with E-state index in [1.807, 2.05) is 54.6 Å². The molecule has 204 valence electrons. The largest absolute Gasteiger partial charge is 0.361 e. The van der Waals surface area contributed by atoms with Crippen LogP contribution in [-0.4, -0.2) is 38.1 Å². The van der Waals surface area contributed by atoms with Gasteiger partial charge in [-0.25, -0.2) is 0 Å². The topological polar surface area (TPSA) is 123 Å². The van der Waals surface area contributed by atoms with Crippen molar-refractivity contribution >= 4 is 53.0 Å². The normalized spacial score (nSPS) is 14.0. The highest BCUT2D eigenvalue weighted by atomic mass is 31.2. The van der Waals surface area contributed by atoms with E-state index in [1.165, 1.54) is 6.92 Å². The highest BCUT2D eigenvalue weighted by Crippen LogP contribution is 2.48. The fourth-order valence-corrected chi connectivity index (χ4v) is 6.05. The van der Waals surface area contributed by atoms with E-state index in [2.05, 4.69) is 10.6 Å². The highest BCUT2D eigenvalue weighted by molar-refractivity contribution is 7.62. The standard InChI is InChI=1S/C29H33N4O5P/c1-4-37-39(36,38-5-2)24-15-16-26-25(19-24)27(29(35)32-26)28(21-9-7-6-8-10-21)31-22-11-13-23(14-12-22)33(18-17-30)20(3)34/h6-16,19,31H,4-5,17-18,30H2,1-3H3,(H,32,35)/b28-27-.